The lowest BCUT2D eigenvalue weighted by molar-refractivity contribution is -0.131. The third kappa shape index (κ3) is 5.24. The van der Waals surface area contributed by atoms with E-state index < -0.39 is 5.54 Å². The summed E-state index contributed by atoms with van der Waals surface area (Å²) in [4.78, 5) is 41.6. The number of nitrogens with one attached hydrogen (secondary N) is 1. The molecule has 2 aliphatic rings. The Morgan fingerprint density at radius 2 is 1.74 bits per heavy atom. The maximum absolute atomic E-state index is 13.2. The van der Waals surface area contributed by atoms with Crippen LogP contribution in [0.3, 0.4) is 0 Å². The van der Waals surface area contributed by atoms with E-state index in [9.17, 15) is 14.4 Å². The van der Waals surface area contributed by atoms with Gasteiger partial charge in [0.25, 0.3) is 5.91 Å². The normalized spacial score (nSPS) is 20.6. The number of hydrogen-bond donors (Lipinski definition) is 1. The lowest BCUT2D eigenvalue weighted by atomic mass is 9.84. The predicted molar refractivity (Wildman–Crippen MR) is 133 cm³/mol. The van der Waals surface area contributed by atoms with Gasteiger partial charge in [-0.3, -0.25) is 14.4 Å². The summed E-state index contributed by atoms with van der Waals surface area (Å²) in [7, 11) is 0. The third-order valence-corrected chi connectivity index (χ3v) is 7.28. The van der Waals surface area contributed by atoms with Crippen molar-refractivity contribution in [2.75, 3.05) is 26.2 Å². The second kappa shape index (κ2) is 9.94. The summed E-state index contributed by atoms with van der Waals surface area (Å²) in [5, 5.41) is 5.57. The molecule has 35 heavy (non-hydrogen) atoms. The summed E-state index contributed by atoms with van der Waals surface area (Å²) in [6.07, 6.45) is 5.15. The highest BCUT2D eigenvalue weighted by Crippen LogP contribution is 2.31. The van der Waals surface area contributed by atoms with Crippen LogP contribution in [-0.4, -0.2) is 59.2 Å². The van der Waals surface area contributed by atoms with Crippen LogP contribution >= 0.6 is 0 Å². The molecule has 0 radical (unpaired) electrons. The first-order valence-corrected chi connectivity index (χ1v) is 12.4. The average Bonchev–Trinajstić information content (AvgIpc) is 3.46. The van der Waals surface area contributed by atoms with Crippen LogP contribution in [0.15, 0.2) is 65.3 Å². The Balaban J connectivity index is 1.21. The summed E-state index contributed by atoms with van der Waals surface area (Å²) < 4.78 is 5.25. The monoisotopic (exact) mass is 473 g/mol. The number of furan rings is 1. The van der Waals surface area contributed by atoms with Crippen molar-refractivity contribution >= 4 is 28.5 Å². The van der Waals surface area contributed by atoms with Crippen LogP contribution < -0.4 is 5.32 Å². The van der Waals surface area contributed by atoms with E-state index in [1.54, 1.807) is 17.0 Å². The standard InChI is InChI=1S/C28H31N3O4/c32-25-10-12-28(29-25,20-21-8-9-22-5-1-2-6-23(22)19-21)13-11-26(33)30-14-4-15-31(17-16-30)27(34)24-7-3-18-35-24/h1-3,5-9,18-19H,4,10-17,20H2,(H,29,32). The Morgan fingerprint density at radius 1 is 0.943 bits per heavy atom. The van der Waals surface area contributed by atoms with E-state index in [0.717, 1.165) is 12.8 Å². The van der Waals surface area contributed by atoms with Crippen molar-refractivity contribution in [1.82, 2.24) is 15.1 Å². The number of rotatable bonds is 6. The Bertz CT molecular complexity index is 1220. The largest absolute Gasteiger partial charge is 0.459 e. The maximum atomic E-state index is 13.2. The van der Waals surface area contributed by atoms with Crippen LogP contribution in [0.5, 0.6) is 0 Å². The molecule has 1 N–H and O–H groups in total. The number of fused-ring (bicyclic) bond motifs is 1. The molecule has 7 nitrogen and oxygen atoms in total. The van der Waals surface area contributed by atoms with Gasteiger partial charge in [0.15, 0.2) is 5.76 Å². The van der Waals surface area contributed by atoms with E-state index in [1.165, 1.54) is 22.6 Å². The highest BCUT2D eigenvalue weighted by molar-refractivity contribution is 5.91. The van der Waals surface area contributed by atoms with Gasteiger partial charge in [0.2, 0.25) is 11.8 Å². The Morgan fingerprint density at radius 3 is 2.51 bits per heavy atom. The molecule has 2 saturated heterocycles. The molecule has 2 aliphatic heterocycles. The zero-order valence-electron chi connectivity index (χ0n) is 19.9. The number of carbonyl (C=O) groups excluding carboxylic acids is 3. The minimum atomic E-state index is -0.400. The van der Waals surface area contributed by atoms with Gasteiger partial charge in [-0.25, -0.2) is 0 Å². The van der Waals surface area contributed by atoms with Gasteiger partial charge >= 0.3 is 0 Å². The number of amides is 3. The van der Waals surface area contributed by atoms with Gasteiger partial charge in [0.05, 0.1) is 6.26 Å². The van der Waals surface area contributed by atoms with E-state index in [1.807, 2.05) is 17.0 Å². The molecule has 3 amide bonds. The van der Waals surface area contributed by atoms with Crippen molar-refractivity contribution in [2.45, 2.75) is 44.1 Å². The topological polar surface area (TPSA) is 82.9 Å². The summed E-state index contributed by atoms with van der Waals surface area (Å²) in [6, 6.07) is 18.0. The van der Waals surface area contributed by atoms with E-state index in [-0.39, 0.29) is 17.7 Å². The first-order chi connectivity index (χ1) is 17.0. The zero-order chi connectivity index (χ0) is 24.3. The van der Waals surface area contributed by atoms with Gasteiger partial charge in [-0.2, -0.15) is 0 Å². The van der Waals surface area contributed by atoms with E-state index in [4.69, 9.17) is 4.42 Å². The molecule has 2 aromatic carbocycles. The fraction of sp³-hybridized carbons (Fsp3) is 0.393. The molecule has 182 valence electrons. The second-order valence-electron chi connectivity index (χ2n) is 9.69. The number of benzene rings is 2. The van der Waals surface area contributed by atoms with Gasteiger partial charge in [0.1, 0.15) is 0 Å². The molecule has 1 aromatic heterocycles. The maximum Gasteiger partial charge on any atom is 0.289 e. The van der Waals surface area contributed by atoms with Crippen molar-refractivity contribution in [1.29, 1.82) is 0 Å². The number of nitrogens with zero attached hydrogens (tertiary/aromatic N) is 2. The lowest BCUT2D eigenvalue weighted by Gasteiger charge is -2.31. The molecule has 2 fully saturated rings. The van der Waals surface area contributed by atoms with Crippen molar-refractivity contribution < 1.29 is 18.8 Å². The molecule has 3 heterocycles. The van der Waals surface area contributed by atoms with E-state index in [2.05, 4.69) is 35.6 Å². The van der Waals surface area contributed by atoms with Crippen LogP contribution in [0.1, 0.15) is 48.2 Å². The predicted octanol–water partition coefficient (Wildman–Crippen LogP) is 3.78. The van der Waals surface area contributed by atoms with Crippen molar-refractivity contribution in [2.24, 2.45) is 0 Å². The Kier molecular flexibility index (Phi) is 6.57. The van der Waals surface area contributed by atoms with Gasteiger partial charge in [-0.15, -0.1) is 0 Å². The minimum absolute atomic E-state index is 0.0556. The molecule has 0 aliphatic carbocycles. The molecule has 0 saturated carbocycles. The molecule has 5 rings (SSSR count). The summed E-state index contributed by atoms with van der Waals surface area (Å²) in [5.74, 6) is 0.334. The summed E-state index contributed by atoms with van der Waals surface area (Å²) >= 11 is 0. The van der Waals surface area contributed by atoms with Crippen molar-refractivity contribution in [3.63, 3.8) is 0 Å². The molecular weight excluding hydrogens is 442 g/mol. The highest BCUT2D eigenvalue weighted by Gasteiger charge is 2.38. The molecule has 0 spiro atoms. The average molecular weight is 474 g/mol. The summed E-state index contributed by atoms with van der Waals surface area (Å²) in [6.45, 7) is 2.23. The molecule has 7 heteroatoms. The van der Waals surface area contributed by atoms with Gasteiger partial charge < -0.3 is 19.5 Å². The van der Waals surface area contributed by atoms with E-state index >= 15 is 0 Å². The number of carbonyl (C=O) groups is 3. The fourth-order valence-electron chi connectivity index (χ4n) is 5.35. The zero-order valence-corrected chi connectivity index (χ0v) is 19.9. The van der Waals surface area contributed by atoms with Crippen LogP contribution in [-0.2, 0) is 16.0 Å². The second-order valence-corrected chi connectivity index (χ2v) is 9.69. The highest BCUT2D eigenvalue weighted by atomic mass is 16.3. The molecule has 1 unspecified atom stereocenters. The van der Waals surface area contributed by atoms with E-state index in [0.29, 0.717) is 57.6 Å². The molecule has 3 aromatic rings. The molecular formula is C28H31N3O4. The lowest BCUT2D eigenvalue weighted by Crippen LogP contribution is -2.45. The van der Waals surface area contributed by atoms with Gasteiger partial charge in [0, 0.05) is 44.6 Å². The summed E-state index contributed by atoms with van der Waals surface area (Å²) in [5.41, 5.74) is 0.766. The Hall–Kier alpha value is -3.61. The van der Waals surface area contributed by atoms with Crippen LogP contribution in [0.2, 0.25) is 0 Å². The van der Waals surface area contributed by atoms with Crippen molar-refractivity contribution in [3.05, 3.63) is 72.2 Å². The smallest absolute Gasteiger partial charge is 0.289 e. The Labute approximate surface area is 205 Å². The first-order valence-electron chi connectivity index (χ1n) is 12.4. The van der Waals surface area contributed by atoms with Crippen LogP contribution in [0.25, 0.3) is 10.8 Å². The third-order valence-electron chi connectivity index (χ3n) is 7.28. The molecule has 1 atom stereocenters. The van der Waals surface area contributed by atoms with Crippen LogP contribution in [0.4, 0.5) is 0 Å². The van der Waals surface area contributed by atoms with Gasteiger partial charge in [-0.05, 0) is 54.2 Å². The quantitative estimate of drug-likeness (QED) is 0.591. The van der Waals surface area contributed by atoms with Crippen LogP contribution in [0, 0.1) is 0 Å². The SMILES string of the molecule is O=C1CCC(CCC(=O)N2CCCN(C(=O)c3ccco3)CC2)(Cc2ccc3ccccc3c2)N1. The van der Waals surface area contributed by atoms with Crippen molar-refractivity contribution in [3.8, 4) is 0 Å². The number of hydrogen-bond acceptors (Lipinski definition) is 4. The minimum Gasteiger partial charge on any atom is -0.459 e. The van der Waals surface area contributed by atoms with Gasteiger partial charge in [-0.1, -0.05) is 42.5 Å². The first kappa shape index (κ1) is 23.1. The fourth-order valence-corrected chi connectivity index (χ4v) is 5.35. The molecule has 0 bridgehead atoms.